The number of hydrogen-bond acceptors (Lipinski definition) is 3. The fourth-order valence-electron chi connectivity index (χ4n) is 1.18. The Balaban J connectivity index is 3.00. The Hall–Kier alpha value is -1.33. The van der Waals surface area contributed by atoms with E-state index in [0.29, 0.717) is 12.1 Å². The monoisotopic (exact) mass is 193 g/mol. The molecule has 0 aromatic heterocycles. The molecule has 0 fully saturated rings. The number of amides is 1. The second kappa shape index (κ2) is 4.78. The molecule has 0 saturated heterocycles. The Morgan fingerprint density at radius 1 is 1.57 bits per heavy atom. The van der Waals surface area contributed by atoms with Gasteiger partial charge in [-0.2, -0.15) is 0 Å². The van der Waals surface area contributed by atoms with Crippen molar-refractivity contribution >= 4 is 18.5 Å². The van der Waals surface area contributed by atoms with E-state index in [2.05, 4.69) is 0 Å². The molecule has 1 aromatic carbocycles. The van der Waals surface area contributed by atoms with Crippen LogP contribution < -0.4 is 11.2 Å². The zero-order chi connectivity index (χ0) is 10.6. The van der Waals surface area contributed by atoms with Crippen molar-refractivity contribution in [3.8, 4) is 0 Å². The molecule has 0 saturated carbocycles. The molecule has 0 unspecified atom stereocenters. The van der Waals surface area contributed by atoms with Gasteiger partial charge < -0.3 is 15.4 Å². The van der Waals surface area contributed by atoms with Crippen molar-refractivity contribution in [3.05, 3.63) is 29.8 Å². The van der Waals surface area contributed by atoms with E-state index in [-0.39, 0.29) is 5.56 Å². The highest BCUT2D eigenvalue weighted by molar-refractivity contribution is 6.61. The van der Waals surface area contributed by atoms with Crippen molar-refractivity contribution in [2.75, 3.05) is 6.61 Å². The van der Waals surface area contributed by atoms with E-state index in [1.165, 1.54) is 0 Å². The summed E-state index contributed by atoms with van der Waals surface area (Å²) in [5.74, 6) is -0.570. The molecular weight excluding hydrogens is 181 g/mol. The van der Waals surface area contributed by atoms with Gasteiger partial charge in [0.2, 0.25) is 5.91 Å². The van der Waals surface area contributed by atoms with Crippen molar-refractivity contribution in [3.63, 3.8) is 0 Å². The number of benzene rings is 1. The predicted octanol–water partition coefficient (Wildman–Crippen LogP) is -0.491. The van der Waals surface area contributed by atoms with Gasteiger partial charge in [0.05, 0.1) is 0 Å². The predicted molar refractivity (Wildman–Crippen MR) is 54.2 cm³/mol. The van der Waals surface area contributed by atoms with Gasteiger partial charge in [0.1, 0.15) is 0 Å². The molecule has 0 aliphatic rings. The van der Waals surface area contributed by atoms with Crippen LogP contribution in [-0.4, -0.2) is 24.7 Å². The Labute approximate surface area is 82.8 Å². The van der Waals surface area contributed by atoms with Crippen LogP contribution in [0.15, 0.2) is 24.3 Å². The Kier molecular flexibility index (Phi) is 3.68. The van der Waals surface area contributed by atoms with Crippen LogP contribution >= 0.6 is 0 Å². The Morgan fingerprint density at radius 3 is 2.79 bits per heavy atom. The van der Waals surface area contributed by atoms with E-state index >= 15 is 0 Å². The summed E-state index contributed by atoms with van der Waals surface area (Å²) in [6.07, 6.45) is 0. The quantitative estimate of drug-likeness (QED) is 0.633. The molecule has 1 rings (SSSR count). The molecule has 0 bridgehead atoms. The lowest BCUT2D eigenvalue weighted by Crippen LogP contribution is -2.38. The lowest BCUT2D eigenvalue weighted by molar-refractivity contribution is 0.100. The highest BCUT2D eigenvalue weighted by atomic mass is 16.5. The van der Waals surface area contributed by atoms with E-state index in [1.54, 1.807) is 31.2 Å². The zero-order valence-electron chi connectivity index (χ0n) is 7.93. The smallest absolute Gasteiger partial charge is 0.423 e. The maximum atomic E-state index is 11.0. The molecular formula is C9H12BNO3. The van der Waals surface area contributed by atoms with E-state index < -0.39 is 13.0 Å². The average molecular weight is 193 g/mol. The van der Waals surface area contributed by atoms with Crippen molar-refractivity contribution in [1.82, 2.24) is 0 Å². The van der Waals surface area contributed by atoms with Gasteiger partial charge >= 0.3 is 7.12 Å². The first kappa shape index (κ1) is 10.8. The summed E-state index contributed by atoms with van der Waals surface area (Å²) >= 11 is 0. The van der Waals surface area contributed by atoms with E-state index in [9.17, 15) is 9.82 Å². The minimum Gasteiger partial charge on any atom is -0.423 e. The largest absolute Gasteiger partial charge is 0.491 e. The summed E-state index contributed by atoms with van der Waals surface area (Å²) in [4.78, 5) is 11.0. The lowest BCUT2D eigenvalue weighted by Gasteiger charge is -2.09. The minimum atomic E-state index is -1.09. The molecule has 0 spiro atoms. The maximum absolute atomic E-state index is 11.0. The summed E-state index contributed by atoms with van der Waals surface area (Å²) in [6, 6.07) is 6.56. The Morgan fingerprint density at radius 2 is 2.21 bits per heavy atom. The minimum absolute atomic E-state index is 0.286. The highest BCUT2D eigenvalue weighted by Crippen LogP contribution is 1.97. The van der Waals surface area contributed by atoms with E-state index in [0.717, 1.165) is 0 Å². The molecule has 4 nitrogen and oxygen atoms in total. The van der Waals surface area contributed by atoms with Gasteiger partial charge in [0, 0.05) is 12.2 Å². The Bertz CT molecular complexity index is 330. The molecule has 14 heavy (non-hydrogen) atoms. The lowest BCUT2D eigenvalue weighted by atomic mass is 9.76. The number of carbonyl (C=O) groups is 1. The summed E-state index contributed by atoms with van der Waals surface area (Å²) in [7, 11) is -1.09. The fraction of sp³-hybridized carbons (Fsp3) is 0.222. The van der Waals surface area contributed by atoms with Gasteiger partial charge in [-0.25, -0.2) is 0 Å². The summed E-state index contributed by atoms with van der Waals surface area (Å²) < 4.78 is 4.97. The third kappa shape index (κ3) is 2.34. The fourth-order valence-corrected chi connectivity index (χ4v) is 1.18. The molecule has 0 aliphatic carbocycles. The number of rotatable bonds is 4. The summed E-state index contributed by atoms with van der Waals surface area (Å²) in [5.41, 5.74) is 5.83. The summed E-state index contributed by atoms with van der Waals surface area (Å²) in [5, 5.41) is 9.52. The van der Waals surface area contributed by atoms with Crippen LogP contribution in [-0.2, 0) is 4.65 Å². The summed E-state index contributed by atoms with van der Waals surface area (Å²) in [6.45, 7) is 2.13. The normalized spacial score (nSPS) is 9.86. The molecule has 1 aromatic rings. The van der Waals surface area contributed by atoms with E-state index in [1.807, 2.05) is 0 Å². The first-order chi connectivity index (χ1) is 6.66. The van der Waals surface area contributed by atoms with Crippen molar-refractivity contribution in [1.29, 1.82) is 0 Å². The van der Waals surface area contributed by atoms with Crippen LogP contribution in [0.2, 0.25) is 0 Å². The van der Waals surface area contributed by atoms with Gasteiger partial charge in [-0.05, 0) is 18.5 Å². The molecule has 0 radical (unpaired) electrons. The zero-order valence-corrected chi connectivity index (χ0v) is 7.93. The standard InChI is InChI=1S/C9H12BNO3/c1-2-14-10(13)8-6-4-3-5-7(8)9(11)12/h3-6,13H,2H2,1H3,(H2,11,12). The maximum Gasteiger partial charge on any atom is 0.491 e. The van der Waals surface area contributed by atoms with Crippen LogP contribution in [0.5, 0.6) is 0 Å². The van der Waals surface area contributed by atoms with Gasteiger partial charge in [0.25, 0.3) is 0 Å². The molecule has 3 N–H and O–H groups in total. The third-order valence-corrected chi connectivity index (χ3v) is 1.82. The third-order valence-electron chi connectivity index (χ3n) is 1.82. The molecule has 5 heteroatoms. The number of hydrogen-bond donors (Lipinski definition) is 2. The molecule has 0 heterocycles. The molecule has 0 aliphatic heterocycles. The van der Waals surface area contributed by atoms with E-state index in [4.69, 9.17) is 10.4 Å². The van der Waals surface area contributed by atoms with Gasteiger partial charge in [0.15, 0.2) is 0 Å². The molecule has 1 amide bonds. The number of nitrogens with two attached hydrogens (primary N) is 1. The number of primary amides is 1. The van der Waals surface area contributed by atoms with Crippen LogP contribution in [0.4, 0.5) is 0 Å². The van der Waals surface area contributed by atoms with Crippen LogP contribution in [0.25, 0.3) is 0 Å². The van der Waals surface area contributed by atoms with Gasteiger partial charge in [-0.3, -0.25) is 4.79 Å². The second-order valence-corrected chi connectivity index (χ2v) is 2.76. The molecule has 0 atom stereocenters. The van der Waals surface area contributed by atoms with Crippen molar-refractivity contribution < 1.29 is 14.5 Å². The SMILES string of the molecule is CCOB(O)c1ccccc1C(N)=O. The van der Waals surface area contributed by atoms with Crippen LogP contribution in [0.3, 0.4) is 0 Å². The topological polar surface area (TPSA) is 72.6 Å². The molecule has 74 valence electrons. The average Bonchev–Trinajstić information content (AvgIpc) is 2.18. The van der Waals surface area contributed by atoms with Crippen molar-refractivity contribution in [2.45, 2.75) is 6.92 Å². The highest BCUT2D eigenvalue weighted by Gasteiger charge is 2.21. The van der Waals surface area contributed by atoms with Crippen molar-refractivity contribution in [2.24, 2.45) is 5.73 Å². The van der Waals surface area contributed by atoms with Crippen LogP contribution in [0.1, 0.15) is 17.3 Å². The first-order valence-electron chi connectivity index (χ1n) is 4.35. The van der Waals surface area contributed by atoms with Gasteiger partial charge in [-0.15, -0.1) is 0 Å². The van der Waals surface area contributed by atoms with Gasteiger partial charge in [-0.1, -0.05) is 18.2 Å². The van der Waals surface area contributed by atoms with Crippen LogP contribution in [0, 0.1) is 0 Å². The first-order valence-corrected chi connectivity index (χ1v) is 4.35. The number of carbonyl (C=O) groups excluding carboxylic acids is 1. The second-order valence-electron chi connectivity index (χ2n) is 2.76.